The van der Waals surface area contributed by atoms with E-state index in [1.807, 2.05) is 12.1 Å². The van der Waals surface area contributed by atoms with Crippen LogP contribution in [0.5, 0.6) is 5.75 Å². The van der Waals surface area contributed by atoms with Crippen molar-refractivity contribution in [3.63, 3.8) is 0 Å². The summed E-state index contributed by atoms with van der Waals surface area (Å²) >= 11 is 0. The van der Waals surface area contributed by atoms with Crippen LogP contribution in [-0.4, -0.2) is 18.6 Å². The number of anilines is 3. The highest BCUT2D eigenvalue weighted by molar-refractivity contribution is 5.95. The Labute approximate surface area is 139 Å². The van der Waals surface area contributed by atoms with Crippen LogP contribution in [0.2, 0.25) is 0 Å². The number of nitrogens with zero attached hydrogens (tertiary/aromatic N) is 2. The monoisotopic (exact) mass is 316 g/mol. The number of nitrogens with one attached hydrogen (secondary N) is 2. The summed E-state index contributed by atoms with van der Waals surface area (Å²) < 4.78 is 5.32. The Bertz CT molecular complexity index is 975. The molecule has 1 aliphatic rings. The van der Waals surface area contributed by atoms with Gasteiger partial charge in [0.1, 0.15) is 11.8 Å². The smallest absolute Gasteiger partial charge is 0.137 e. The van der Waals surface area contributed by atoms with Gasteiger partial charge in [-0.15, -0.1) is 0 Å². The molecule has 3 aromatic rings. The maximum absolute atomic E-state index is 9.22. The molecule has 0 aliphatic carbocycles. The van der Waals surface area contributed by atoms with Crippen molar-refractivity contribution in [2.45, 2.75) is 6.42 Å². The largest absolute Gasteiger partial charge is 0.495 e. The number of benzene rings is 2. The minimum Gasteiger partial charge on any atom is -0.495 e. The van der Waals surface area contributed by atoms with E-state index in [0.717, 1.165) is 35.2 Å². The van der Waals surface area contributed by atoms with Crippen molar-refractivity contribution in [3.05, 3.63) is 53.7 Å². The SMILES string of the molecule is COc1cc2c(Nc3ccc4c(c3)NCC4)ccnc2cc1C#N. The summed E-state index contributed by atoms with van der Waals surface area (Å²) in [6.45, 7) is 0.991. The predicted molar refractivity (Wildman–Crippen MR) is 94.9 cm³/mol. The van der Waals surface area contributed by atoms with Crippen molar-refractivity contribution >= 4 is 28.0 Å². The minimum absolute atomic E-state index is 0.483. The van der Waals surface area contributed by atoms with E-state index < -0.39 is 0 Å². The zero-order chi connectivity index (χ0) is 16.5. The molecule has 1 aliphatic heterocycles. The highest BCUT2D eigenvalue weighted by Gasteiger charge is 2.12. The van der Waals surface area contributed by atoms with Crippen LogP contribution in [0.1, 0.15) is 11.1 Å². The number of pyridine rings is 1. The zero-order valence-corrected chi connectivity index (χ0v) is 13.3. The molecule has 4 rings (SSSR count). The van der Waals surface area contributed by atoms with Gasteiger partial charge in [0.2, 0.25) is 0 Å². The first-order valence-corrected chi connectivity index (χ1v) is 7.79. The Morgan fingerprint density at radius 1 is 1.25 bits per heavy atom. The Balaban J connectivity index is 1.78. The Morgan fingerprint density at radius 3 is 3.00 bits per heavy atom. The quantitative estimate of drug-likeness (QED) is 0.768. The molecule has 24 heavy (non-hydrogen) atoms. The van der Waals surface area contributed by atoms with E-state index >= 15 is 0 Å². The van der Waals surface area contributed by atoms with Gasteiger partial charge in [0, 0.05) is 35.2 Å². The molecule has 0 atom stereocenters. The molecular weight excluding hydrogens is 300 g/mol. The van der Waals surface area contributed by atoms with E-state index in [9.17, 15) is 5.26 Å². The molecule has 0 spiro atoms. The van der Waals surface area contributed by atoms with Gasteiger partial charge in [-0.05, 0) is 42.3 Å². The number of ether oxygens (including phenoxy) is 1. The molecule has 5 heteroatoms. The van der Waals surface area contributed by atoms with Crippen molar-refractivity contribution in [2.75, 3.05) is 24.3 Å². The molecule has 0 radical (unpaired) electrons. The fourth-order valence-corrected chi connectivity index (χ4v) is 3.06. The number of hydrogen-bond donors (Lipinski definition) is 2. The van der Waals surface area contributed by atoms with Crippen molar-refractivity contribution in [2.24, 2.45) is 0 Å². The van der Waals surface area contributed by atoms with Gasteiger partial charge in [-0.25, -0.2) is 0 Å². The van der Waals surface area contributed by atoms with Crippen molar-refractivity contribution < 1.29 is 4.74 Å². The lowest BCUT2D eigenvalue weighted by molar-refractivity contribution is 0.414. The summed E-state index contributed by atoms with van der Waals surface area (Å²) in [5.74, 6) is 0.552. The van der Waals surface area contributed by atoms with Crippen LogP contribution in [0, 0.1) is 11.3 Å². The second-order valence-electron chi connectivity index (χ2n) is 5.71. The third-order valence-corrected chi connectivity index (χ3v) is 4.28. The molecule has 2 aromatic carbocycles. The van der Waals surface area contributed by atoms with Gasteiger partial charge in [0.05, 0.1) is 18.2 Å². The lowest BCUT2D eigenvalue weighted by Crippen LogP contribution is -1.96. The lowest BCUT2D eigenvalue weighted by atomic mass is 10.1. The van der Waals surface area contributed by atoms with E-state index in [1.54, 1.807) is 19.4 Å². The Hall–Kier alpha value is -3.26. The highest BCUT2D eigenvalue weighted by Crippen LogP contribution is 2.32. The normalized spacial score (nSPS) is 12.3. The molecule has 118 valence electrons. The number of aromatic nitrogens is 1. The number of hydrogen-bond acceptors (Lipinski definition) is 5. The topological polar surface area (TPSA) is 70.0 Å². The maximum Gasteiger partial charge on any atom is 0.137 e. The van der Waals surface area contributed by atoms with Crippen LogP contribution < -0.4 is 15.4 Å². The third-order valence-electron chi connectivity index (χ3n) is 4.28. The molecule has 0 bridgehead atoms. The summed E-state index contributed by atoms with van der Waals surface area (Å²) in [7, 11) is 1.57. The molecule has 0 amide bonds. The fraction of sp³-hybridized carbons (Fsp3) is 0.158. The summed E-state index contributed by atoms with van der Waals surface area (Å²) in [5.41, 5.74) is 5.72. The number of methoxy groups -OCH3 is 1. The summed E-state index contributed by atoms with van der Waals surface area (Å²) in [4.78, 5) is 4.37. The lowest BCUT2D eigenvalue weighted by Gasteiger charge is -2.12. The van der Waals surface area contributed by atoms with Crippen molar-refractivity contribution in [1.29, 1.82) is 5.26 Å². The van der Waals surface area contributed by atoms with Crippen LogP contribution in [0.4, 0.5) is 17.1 Å². The fourth-order valence-electron chi connectivity index (χ4n) is 3.06. The van der Waals surface area contributed by atoms with Crippen LogP contribution >= 0.6 is 0 Å². The molecule has 0 saturated carbocycles. The van der Waals surface area contributed by atoms with Crippen LogP contribution in [0.25, 0.3) is 10.9 Å². The third kappa shape index (κ3) is 2.38. The second kappa shape index (κ2) is 5.74. The van der Waals surface area contributed by atoms with Crippen LogP contribution in [0.15, 0.2) is 42.6 Å². The van der Waals surface area contributed by atoms with Gasteiger partial charge >= 0.3 is 0 Å². The van der Waals surface area contributed by atoms with Crippen LogP contribution in [0.3, 0.4) is 0 Å². The molecule has 1 aromatic heterocycles. The Kier molecular flexibility index (Phi) is 3.43. The van der Waals surface area contributed by atoms with Crippen molar-refractivity contribution in [1.82, 2.24) is 4.98 Å². The summed E-state index contributed by atoms with van der Waals surface area (Å²) in [5, 5.41) is 17.0. The first kappa shape index (κ1) is 14.3. The predicted octanol–water partition coefficient (Wildman–Crippen LogP) is 3.83. The van der Waals surface area contributed by atoms with Gasteiger partial charge in [-0.1, -0.05) is 6.07 Å². The first-order chi connectivity index (χ1) is 11.8. The van der Waals surface area contributed by atoms with E-state index in [-0.39, 0.29) is 0 Å². The standard InChI is InChI=1S/C19H16N4O/c1-24-19-10-15-16(5-7-22-18(15)8-13(19)11-20)23-14-3-2-12-4-6-21-17(12)9-14/h2-3,5,7-10,21H,4,6H2,1H3,(H,22,23). The zero-order valence-electron chi connectivity index (χ0n) is 13.3. The molecule has 5 nitrogen and oxygen atoms in total. The summed E-state index contributed by atoms with van der Waals surface area (Å²) in [6, 6.07) is 14.0. The average molecular weight is 316 g/mol. The Morgan fingerprint density at radius 2 is 2.17 bits per heavy atom. The number of nitriles is 1. The van der Waals surface area contributed by atoms with Crippen LogP contribution in [-0.2, 0) is 6.42 Å². The van der Waals surface area contributed by atoms with Crippen molar-refractivity contribution in [3.8, 4) is 11.8 Å². The molecule has 0 saturated heterocycles. The second-order valence-corrected chi connectivity index (χ2v) is 5.71. The molecule has 2 heterocycles. The highest BCUT2D eigenvalue weighted by atomic mass is 16.5. The van der Waals surface area contributed by atoms with E-state index in [4.69, 9.17) is 4.74 Å². The number of fused-ring (bicyclic) bond motifs is 2. The molecule has 0 fully saturated rings. The molecule has 2 N–H and O–H groups in total. The van der Waals surface area contributed by atoms with Gasteiger partial charge in [-0.2, -0.15) is 5.26 Å². The number of rotatable bonds is 3. The average Bonchev–Trinajstić information content (AvgIpc) is 3.08. The van der Waals surface area contributed by atoms with E-state index in [2.05, 4.69) is 39.9 Å². The first-order valence-electron chi connectivity index (χ1n) is 7.79. The minimum atomic E-state index is 0.483. The maximum atomic E-state index is 9.22. The van der Waals surface area contributed by atoms with E-state index in [0.29, 0.717) is 11.3 Å². The summed E-state index contributed by atoms with van der Waals surface area (Å²) in [6.07, 6.45) is 2.81. The van der Waals surface area contributed by atoms with Gasteiger partial charge in [0.15, 0.2) is 0 Å². The molecular formula is C19H16N4O. The van der Waals surface area contributed by atoms with Gasteiger partial charge < -0.3 is 15.4 Å². The van der Waals surface area contributed by atoms with E-state index in [1.165, 1.54) is 11.3 Å². The van der Waals surface area contributed by atoms with Gasteiger partial charge in [0.25, 0.3) is 0 Å². The molecule has 0 unspecified atom stereocenters. The van der Waals surface area contributed by atoms with Gasteiger partial charge in [-0.3, -0.25) is 4.98 Å².